The summed E-state index contributed by atoms with van der Waals surface area (Å²) in [4.78, 5) is 12.7. The largest absolute Gasteiger partial charge is 0.481 e. The molecule has 1 aliphatic rings. The van der Waals surface area contributed by atoms with E-state index in [9.17, 15) is 13.2 Å². The van der Waals surface area contributed by atoms with Crippen LogP contribution in [-0.4, -0.2) is 38.3 Å². The van der Waals surface area contributed by atoms with Gasteiger partial charge < -0.3 is 10.0 Å². The van der Waals surface area contributed by atoms with Gasteiger partial charge in [0.15, 0.2) is 0 Å². The summed E-state index contributed by atoms with van der Waals surface area (Å²) >= 11 is 0. The molecule has 0 amide bonds. The number of rotatable bonds is 6. The minimum atomic E-state index is -3.63. The minimum absolute atomic E-state index is 0.403. The highest BCUT2D eigenvalue weighted by Gasteiger charge is 2.16. The van der Waals surface area contributed by atoms with Crippen LogP contribution in [0.25, 0.3) is 0 Å². The van der Waals surface area contributed by atoms with Crippen LogP contribution >= 0.6 is 0 Å². The number of benzene rings is 1. The summed E-state index contributed by atoms with van der Waals surface area (Å²) in [7, 11) is -3.63. The van der Waals surface area contributed by atoms with Crippen molar-refractivity contribution in [1.29, 1.82) is 0 Å². The zero-order chi connectivity index (χ0) is 15.5. The lowest BCUT2D eigenvalue weighted by Gasteiger charge is -2.19. The van der Waals surface area contributed by atoms with Crippen molar-refractivity contribution in [3.8, 4) is 0 Å². The number of anilines is 2. The molecule has 7 heteroatoms. The fraction of sp³-hybridized carbons (Fsp3) is 0.500. The third-order valence-corrected chi connectivity index (χ3v) is 4.80. The number of aliphatic carboxylic acids is 1. The van der Waals surface area contributed by atoms with Gasteiger partial charge in [-0.05, 0) is 43.5 Å². The molecule has 0 unspecified atom stereocenters. The molecule has 1 saturated heterocycles. The molecule has 1 aromatic rings. The van der Waals surface area contributed by atoms with Gasteiger partial charge in [-0.15, -0.1) is 0 Å². The average molecular weight is 312 g/mol. The molecule has 2 rings (SSSR count). The summed E-state index contributed by atoms with van der Waals surface area (Å²) in [6.07, 6.45) is 1.96. The van der Waals surface area contributed by atoms with Gasteiger partial charge in [0.25, 0.3) is 0 Å². The molecule has 0 aliphatic carbocycles. The quantitative estimate of drug-likeness (QED) is 0.836. The molecule has 0 atom stereocenters. The molecule has 0 spiro atoms. The van der Waals surface area contributed by atoms with Crippen LogP contribution in [0.4, 0.5) is 11.4 Å². The molecule has 1 fully saturated rings. The number of nitrogens with zero attached hydrogens (tertiary/aromatic N) is 1. The SMILES string of the molecule is Cc1cc(N2CCCC2)ccc1NS(=O)(=O)CCC(=O)O. The van der Waals surface area contributed by atoms with Gasteiger partial charge in [-0.25, -0.2) is 8.42 Å². The van der Waals surface area contributed by atoms with Gasteiger partial charge in [0.05, 0.1) is 17.9 Å². The number of hydrogen-bond acceptors (Lipinski definition) is 4. The second-order valence-electron chi connectivity index (χ2n) is 5.26. The minimum Gasteiger partial charge on any atom is -0.481 e. The van der Waals surface area contributed by atoms with Crippen molar-refractivity contribution < 1.29 is 18.3 Å². The van der Waals surface area contributed by atoms with Crippen LogP contribution in [0.5, 0.6) is 0 Å². The first-order valence-electron chi connectivity index (χ1n) is 6.95. The molecule has 1 aliphatic heterocycles. The van der Waals surface area contributed by atoms with Crippen molar-refractivity contribution >= 4 is 27.4 Å². The zero-order valence-corrected chi connectivity index (χ0v) is 12.8. The Morgan fingerprint density at radius 2 is 2.00 bits per heavy atom. The number of carboxylic acid groups (broad SMARTS) is 1. The lowest BCUT2D eigenvalue weighted by Crippen LogP contribution is -2.20. The highest BCUT2D eigenvalue weighted by molar-refractivity contribution is 7.92. The number of sulfonamides is 1. The van der Waals surface area contributed by atoms with Gasteiger partial charge in [-0.2, -0.15) is 0 Å². The van der Waals surface area contributed by atoms with E-state index in [4.69, 9.17) is 5.11 Å². The molecular formula is C14H20N2O4S. The Morgan fingerprint density at radius 3 is 2.57 bits per heavy atom. The van der Waals surface area contributed by atoms with Crippen molar-refractivity contribution in [3.05, 3.63) is 23.8 Å². The van der Waals surface area contributed by atoms with E-state index in [-0.39, 0.29) is 0 Å². The van der Waals surface area contributed by atoms with Crippen LogP contribution in [0.2, 0.25) is 0 Å². The van der Waals surface area contributed by atoms with Gasteiger partial charge in [-0.1, -0.05) is 0 Å². The molecule has 2 N–H and O–H groups in total. The monoisotopic (exact) mass is 312 g/mol. The molecule has 6 nitrogen and oxygen atoms in total. The van der Waals surface area contributed by atoms with E-state index in [1.54, 1.807) is 6.07 Å². The number of aryl methyl sites for hydroxylation is 1. The molecule has 1 heterocycles. The van der Waals surface area contributed by atoms with Gasteiger partial charge in [0.2, 0.25) is 10.0 Å². The van der Waals surface area contributed by atoms with Crippen LogP contribution in [0.3, 0.4) is 0 Å². The van der Waals surface area contributed by atoms with Crippen molar-refractivity contribution in [2.75, 3.05) is 28.5 Å². The lowest BCUT2D eigenvalue weighted by atomic mass is 10.2. The van der Waals surface area contributed by atoms with Crippen molar-refractivity contribution in [1.82, 2.24) is 0 Å². The average Bonchev–Trinajstić information content (AvgIpc) is 2.93. The van der Waals surface area contributed by atoms with E-state index in [2.05, 4.69) is 9.62 Å². The standard InChI is InChI=1S/C14H20N2O4S/c1-11-10-12(16-7-2-3-8-16)4-5-13(11)15-21(19,20)9-6-14(17)18/h4-5,10,15H,2-3,6-9H2,1H3,(H,17,18). The third-order valence-electron chi connectivity index (χ3n) is 3.53. The fourth-order valence-corrected chi connectivity index (χ4v) is 3.48. The van der Waals surface area contributed by atoms with Gasteiger partial charge in [0.1, 0.15) is 0 Å². The van der Waals surface area contributed by atoms with Crippen LogP contribution in [-0.2, 0) is 14.8 Å². The summed E-state index contributed by atoms with van der Waals surface area (Å²) in [5, 5.41) is 8.56. The maximum absolute atomic E-state index is 11.8. The fourth-order valence-electron chi connectivity index (χ4n) is 2.37. The molecule has 0 bridgehead atoms. The Morgan fingerprint density at radius 1 is 1.33 bits per heavy atom. The number of carboxylic acids is 1. The van der Waals surface area contributed by atoms with E-state index in [0.717, 1.165) is 24.3 Å². The van der Waals surface area contributed by atoms with E-state index >= 15 is 0 Å². The lowest BCUT2D eigenvalue weighted by molar-refractivity contribution is -0.136. The van der Waals surface area contributed by atoms with E-state index in [1.165, 1.54) is 12.8 Å². The highest BCUT2D eigenvalue weighted by Crippen LogP contribution is 2.26. The van der Waals surface area contributed by atoms with Crippen LogP contribution in [0.1, 0.15) is 24.8 Å². The second kappa shape index (κ2) is 6.34. The van der Waals surface area contributed by atoms with E-state index in [1.807, 2.05) is 19.1 Å². The summed E-state index contributed by atoms with van der Waals surface area (Å²) in [5.74, 6) is -1.54. The molecular weight excluding hydrogens is 292 g/mol. The summed E-state index contributed by atoms with van der Waals surface area (Å²) < 4.78 is 26.1. The molecule has 0 radical (unpaired) electrons. The Labute approximate surface area is 124 Å². The van der Waals surface area contributed by atoms with Crippen LogP contribution in [0.15, 0.2) is 18.2 Å². The Balaban J connectivity index is 2.08. The molecule has 116 valence electrons. The Kier molecular flexibility index (Phi) is 4.72. The zero-order valence-electron chi connectivity index (χ0n) is 12.0. The van der Waals surface area contributed by atoms with E-state index in [0.29, 0.717) is 5.69 Å². The maximum Gasteiger partial charge on any atom is 0.304 e. The first kappa shape index (κ1) is 15.6. The first-order chi connectivity index (χ1) is 9.87. The summed E-state index contributed by atoms with van der Waals surface area (Å²) in [6, 6.07) is 5.59. The highest BCUT2D eigenvalue weighted by atomic mass is 32.2. The van der Waals surface area contributed by atoms with Crippen molar-refractivity contribution in [2.45, 2.75) is 26.2 Å². The summed E-state index contributed by atoms with van der Waals surface area (Å²) in [5.41, 5.74) is 2.43. The van der Waals surface area contributed by atoms with Gasteiger partial charge in [-0.3, -0.25) is 9.52 Å². The predicted molar refractivity (Wildman–Crippen MR) is 82.3 cm³/mol. The number of hydrogen-bond donors (Lipinski definition) is 2. The number of carbonyl (C=O) groups is 1. The Hall–Kier alpha value is -1.76. The topological polar surface area (TPSA) is 86.7 Å². The van der Waals surface area contributed by atoms with E-state index < -0.39 is 28.2 Å². The predicted octanol–water partition coefficient (Wildman–Crippen LogP) is 1.81. The third kappa shape index (κ3) is 4.35. The molecule has 1 aromatic carbocycles. The first-order valence-corrected chi connectivity index (χ1v) is 8.60. The van der Waals surface area contributed by atoms with Gasteiger partial charge >= 0.3 is 5.97 Å². The van der Waals surface area contributed by atoms with Crippen molar-refractivity contribution in [2.24, 2.45) is 0 Å². The van der Waals surface area contributed by atoms with Crippen LogP contribution in [0, 0.1) is 6.92 Å². The smallest absolute Gasteiger partial charge is 0.304 e. The normalized spacial score (nSPS) is 15.2. The van der Waals surface area contributed by atoms with Crippen molar-refractivity contribution in [3.63, 3.8) is 0 Å². The second-order valence-corrected chi connectivity index (χ2v) is 7.10. The summed E-state index contributed by atoms with van der Waals surface area (Å²) in [6.45, 7) is 3.90. The number of nitrogens with one attached hydrogen (secondary N) is 1. The maximum atomic E-state index is 11.8. The molecule has 0 aromatic heterocycles. The molecule has 0 saturated carbocycles. The van der Waals surface area contributed by atoms with Gasteiger partial charge in [0, 0.05) is 18.8 Å². The molecule has 21 heavy (non-hydrogen) atoms. The van der Waals surface area contributed by atoms with Crippen LogP contribution < -0.4 is 9.62 Å². The Bertz CT molecular complexity index is 622.